The largest absolute Gasteiger partial charge is 0.493 e. The number of nitrogens with one attached hydrogen (secondary N) is 1. The number of quaternary nitrogens is 1. The summed E-state index contributed by atoms with van der Waals surface area (Å²) >= 11 is 0. The van der Waals surface area contributed by atoms with Gasteiger partial charge in [0.25, 0.3) is 5.91 Å². The van der Waals surface area contributed by atoms with Crippen LogP contribution in [-0.4, -0.2) is 82.3 Å². The molecule has 0 spiro atoms. The zero-order valence-electron chi connectivity index (χ0n) is 28.7. The summed E-state index contributed by atoms with van der Waals surface area (Å²) in [6.45, 7) is 8.19. The number of anilines is 1. The van der Waals surface area contributed by atoms with Crippen molar-refractivity contribution in [2.45, 2.75) is 57.0 Å². The number of amides is 1. The number of piperazine rings is 1. The van der Waals surface area contributed by atoms with Gasteiger partial charge in [-0.15, -0.1) is 0 Å². The number of carbonyl (C=O) groups is 1. The van der Waals surface area contributed by atoms with E-state index in [9.17, 15) is 18.7 Å². The van der Waals surface area contributed by atoms with Crippen LogP contribution < -0.4 is 14.5 Å². The molecule has 0 aliphatic carbocycles. The Morgan fingerprint density at radius 1 is 1.08 bits per heavy atom. The molecule has 2 fully saturated rings. The maximum absolute atomic E-state index is 15.0. The molecule has 2 N–H and O–H groups in total. The smallest absolute Gasteiger partial charge is 0.275 e. The normalized spacial score (nSPS) is 23.6. The number of rotatable bonds is 12. The van der Waals surface area contributed by atoms with E-state index in [1.165, 1.54) is 34.1 Å². The quantitative estimate of drug-likeness (QED) is 0.229. The summed E-state index contributed by atoms with van der Waals surface area (Å²) < 4.78 is 42.7. The highest BCUT2D eigenvalue weighted by Crippen LogP contribution is 2.42. The van der Waals surface area contributed by atoms with Gasteiger partial charge in [-0.05, 0) is 67.8 Å². The minimum atomic E-state index is -1.02. The van der Waals surface area contributed by atoms with Gasteiger partial charge in [-0.25, -0.2) is 23.5 Å². The Hall–Kier alpha value is -4.79. The first-order valence-electron chi connectivity index (χ1n) is 17.5. The molecule has 12 nitrogen and oxygen atoms in total. The van der Waals surface area contributed by atoms with E-state index >= 15 is 0 Å². The second-order valence-electron chi connectivity index (χ2n) is 13.6. The topological polar surface area (TPSA) is 122 Å². The van der Waals surface area contributed by atoms with Gasteiger partial charge in [0.1, 0.15) is 41.3 Å². The summed E-state index contributed by atoms with van der Waals surface area (Å²) in [6.07, 6.45) is 3.36. The van der Waals surface area contributed by atoms with E-state index in [2.05, 4.69) is 49.6 Å². The third-order valence-corrected chi connectivity index (χ3v) is 10.2. The lowest BCUT2D eigenvalue weighted by atomic mass is 9.87. The number of aromatic nitrogens is 3. The number of aliphatic hydroxyl groups is 1. The molecule has 2 saturated heterocycles. The van der Waals surface area contributed by atoms with Crippen LogP contribution in [0.2, 0.25) is 0 Å². The number of halogens is 2. The standard InChI is InChI=1S/C37H42F2N8O4/c1-3-34(25(2)48)47-36(49)35(42-43-47)27-4-7-29(8-5-27)44-14-16-45(17-15-44)30-9-11-31(12-10-30)50-20-26-19-37(51-21-26,22-46-24-40-23-41-46)32-13-6-28(38)18-33(32)39/h4-13,18,23-26,34-35,48H,3,14-17,19-22H2,1-2H3/p+1/t25-,26+,34-,35?,37-/m0/s1. The number of benzene rings is 3. The van der Waals surface area contributed by atoms with Gasteiger partial charge in [0.2, 0.25) is 0 Å². The van der Waals surface area contributed by atoms with Gasteiger partial charge in [-0.2, -0.15) is 10.2 Å². The zero-order valence-corrected chi connectivity index (χ0v) is 28.7. The number of hydrogen-bond donors (Lipinski definition) is 2. The summed E-state index contributed by atoms with van der Waals surface area (Å²) in [5.41, 5.74) is 2.36. The molecule has 1 aromatic heterocycles. The fourth-order valence-corrected chi connectivity index (χ4v) is 7.46. The van der Waals surface area contributed by atoms with E-state index < -0.39 is 29.4 Å². The minimum absolute atomic E-state index is 0.0102. The molecule has 7 rings (SSSR count). The van der Waals surface area contributed by atoms with E-state index in [0.29, 0.717) is 31.6 Å². The third kappa shape index (κ3) is 7.34. The van der Waals surface area contributed by atoms with E-state index in [1.54, 1.807) is 17.9 Å². The molecule has 268 valence electrons. The van der Waals surface area contributed by atoms with Crippen molar-refractivity contribution in [2.24, 2.45) is 16.3 Å². The molecular weight excluding hydrogens is 658 g/mol. The molecule has 4 aromatic rings. The third-order valence-electron chi connectivity index (χ3n) is 10.2. The molecule has 51 heavy (non-hydrogen) atoms. The molecular formula is C37H43F2N8O4+. The number of aliphatic hydroxyl groups excluding tert-OH is 1. The van der Waals surface area contributed by atoms with Crippen molar-refractivity contribution in [1.29, 1.82) is 0 Å². The van der Waals surface area contributed by atoms with Crippen molar-refractivity contribution >= 4 is 17.3 Å². The Morgan fingerprint density at radius 3 is 2.51 bits per heavy atom. The summed E-state index contributed by atoms with van der Waals surface area (Å²) in [5.74, 6) is -0.763. The van der Waals surface area contributed by atoms with Crippen LogP contribution in [-0.2, 0) is 21.7 Å². The van der Waals surface area contributed by atoms with Crippen molar-refractivity contribution < 1.29 is 33.1 Å². The van der Waals surface area contributed by atoms with Gasteiger partial charge in [-0.1, -0.05) is 30.3 Å². The van der Waals surface area contributed by atoms with Crippen molar-refractivity contribution in [1.82, 2.24) is 19.8 Å². The molecule has 3 aliphatic rings. The predicted octanol–water partition coefficient (Wildman–Crippen LogP) is 4.01. The van der Waals surface area contributed by atoms with Crippen molar-refractivity contribution in [2.75, 3.05) is 44.3 Å². The van der Waals surface area contributed by atoms with Crippen LogP contribution in [0.3, 0.4) is 0 Å². The van der Waals surface area contributed by atoms with E-state index in [1.807, 2.05) is 31.2 Å². The Bertz CT molecular complexity index is 1820. The molecule has 4 heterocycles. The Balaban J connectivity index is 0.907. The summed E-state index contributed by atoms with van der Waals surface area (Å²) in [4.78, 5) is 20.7. The fraction of sp³-hybridized carbons (Fsp3) is 0.432. The summed E-state index contributed by atoms with van der Waals surface area (Å²) in [5, 5.41) is 23.8. The van der Waals surface area contributed by atoms with Crippen LogP contribution in [0.4, 0.5) is 20.2 Å². The van der Waals surface area contributed by atoms with Crippen LogP contribution in [0, 0.1) is 17.6 Å². The lowest BCUT2D eigenvalue weighted by Gasteiger charge is -2.33. The van der Waals surface area contributed by atoms with Gasteiger partial charge in [-0.3, -0.25) is 9.69 Å². The Kier molecular flexibility index (Phi) is 10.1. The first-order chi connectivity index (χ1) is 24.7. The molecule has 3 aromatic carbocycles. The molecule has 14 heteroatoms. The van der Waals surface area contributed by atoms with E-state index in [4.69, 9.17) is 9.47 Å². The van der Waals surface area contributed by atoms with Crippen molar-refractivity contribution in [3.05, 3.63) is 102 Å². The van der Waals surface area contributed by atoms with Crippen LogP contribution >= 0.6 is 0 Å². The molecule has 1 amide bonds. The minimum Gasteiger partial charge on any atom is -0.493 e. The molecule has 0 saturated carbocycles. The highest BCUT2D eigenvalue weighted by atomic mass is 19.1. The SMILES string of the molecule is CC[C@@H]([C@H](C)O)N1N=NC(c2ccc([NH+]3CCN(c4ccc(OC[C@@H]5CO[C@@](Cn6cncn6)(c6ccc(F)cc6F)C5)cc4)CC3)cc2)C1=O. The first-order valence-corrected chi connectivity index (χ1v) is 17.5. The van der Waals surface area contributed by atoms with Crippen LogP contribution in [0.5, 0.6) is 5.75 Å². The second-order valence-corrected chi connectivity index (χ2v) is 13.6. The zero-order chi connectivity index (χ0) is 35.5. The molecule has 0 radical (unpaired) electrons. The lowest BCUT2D eigenvalue weighted by Crippen LogP contribution is -3.10. The van der Waals surface area contributed by atoms with Gasteiger partial charge in [0.05, 0.1) is 58.1 Å². The summed E-state index contributed by atoms with van der Waals surface area (Å²) in [6, 6.07) is 18.6. The lowest BCUT2D eigenvalue weighted by molar-refractivity contribution is -0.833. The maximum atomic E-state index is 15.0. The van der Waals surface area contributed by atoms with Crippen LogP contribution in [0.25, 0.3) is 0 Å². The summed E-state index contributed by atoms with van der Waals surface area (Å²) in [7, 11) is 0. The van der Waals surface area contributed by atoms with Gasteiger partial charge in [0.15, 0.2) is 6.04 Å². The average Bonchev–Trinajstić information content (AvgIpc) is 3.90. The first kappa shape index (κ1) is 34.6. The van der Waals surface area contributed by atoms with Crippen LogP contribution in [0.15, 0.2) is 89.7 Å². The van der Waals surface area contributed by atoms with E-state index in [0.717, 1.165) is 49.2 Å². The van der Waals surface area contributed by atoms with E-state index in [-0.39, 0.29) is 24.4 Å². The molecule has 1 unspecified atom stereocenters. The molecule has 0 bridgehead atoms. The highest BCUT2D eigenvalue weighted by Gasteiger charge is 2.45. The predicted molar refractivity (Wildman–Crippen MR) is 183 cm³/mol. The fourth-order valence-electron chi connectivity index (χ4n) is 7.46. The van der Waals surface area contributed by atoms with Gasteiger partial charge in [0, 0.05) is 23.2 Å². The van der Waals surface area contributed by atoms with Gasteiger partial charge >= 0.3 is 0 Å². The Morgan fingerprint density at radius 2 is 1.84 bits per heavy atom. The van der Waals surface area contributed by atoms with Crippen molar-refractivity contribution in [3.8, 4) is 5.75 Å². The highest BCUT2D eigenvalue weighted by molar-refractivity contribution is 5.84. The van der Waals surface area contributed by atoms with Crippen molar-refractivity contribution in [3.63, 3.8) is 0 Å². The maximum Gasteiger partial charge on any atom is 0.275 e. The molecule has 3 aliphatic heterocycles. The number of nitrogens with zero attached hydrogens (tertiary/aromatic N) is 7. The van der Waals surface area contributed by atoms with Gasteiger partial charge < -0.3 is 19.5 Å². The monoisotopic (exact) mass is 701 g/mol. The second kappa shape index (κ2) is 14.8. The number of carbonyl (C=O) groups excluding carboxylic acids is 1. The molecule has 5 atom stereocenters. The Labute approximate surface area is 295 Å². The average molecular weight is 702 g/mol. The number of hydrogen-bond acceptors (Lipinski definition) is 9. The van der Waals surface area contributed by atoms with Crippen LogP contribution in [0.1, 0.15) is 43.9 Å². The number of ether oxygens (including phenoxy) is 2.